The third-order valence-corrected chi connectivity index (χ3v) is 7.80. The third kappa shape index (κ3) is 4.15. The van der Waals surface area contributed by atoms with Gasteiger partial charge in [-0.05, 0) is 68.1 Å². The van der Waals surface area contributed by atoms with E-state index in [1.54, 1.807) is 24.7 Å². The van der Waals surface area contributed by atoms with Crippen LogP contribution in [0.15, 0.2) is 61.1 Å². The molecule has 1 fully saturated rings. The monoisotopic (exact) mass is 510 g/mol. The first-order valence-corrected chi connectivity index (χ1v) is 13.2. The molecular formula is C28H23FN6OS. The summed E-state index contributed by atoms with van der Waals surface area (Å²) in [5, 5.41) is 8.33. The van der Waals surface area contributed by atoms with Crippen LogP contribution in [0, 0.1) is 5.13 Å². The van der Waals surface area contributed by atoms with Crippen molar-refractivity contribution in [2.24, 2.45) is 0 Å². The van der Waals surface area contributed by atoms with Crippen molar-refractivity contribution in [3.8, 4) is 38.8 Å². The Hall–Kier alpha value is -4.11. The van der Waals surface area contributed by atoms with Gasteiger partial charge in [0, 0.05) is 33.8 Å². The van der Waals surface area contributed by atoms with Crippen molar-refractivity contribution >= 4 is 33.4 Å². The Morgan fingerprint density at radius 3 is 2.78 bits per heavy atom. The van der Waals surface area contributed by atoms with Gasteiger partial charge >= 0.3 is 0 Å². The van der Waals surface area contributed by atoms with Gasteiger partial charge in [-0.25, -0.2) is 9.97 Å². The number of aromatic nitrogens is 6. The molecule has 7 nitrogen and oxygen atoms in total. The van der Waals surface area contributed by atoms with Gasteiger partial charge in [0.15, 0.2) is 5.13 Å². The number of pyridine rings is 3. The van der Waals surface area contributed by atoms with Gasteiger partial charge in [-0.3, -0.25) is 10.1 Å². The van der Waals surface area contributed by atoms with E-state index in [0.29, 0.717) is 11.3 Å². The molecule has 1 saturated carbocycles. The number of aromatic amines is 2. The molecule has 0 saturated heterocycles. The van der Waals surface area contributed by atoms with Crippen LogP contribution in [-0.4, -0.2) is 36.2 Å². The van der Waals surface area contributed by atoms with Crippen LogP contribution in [-0.2, 0) is 0 Å². The van der Waals surface area contributed by atoms with Crippen LogP contribution in [0.25, 0.3) is 55.2 Å². The molecule has 0 atom stereocenters. The zero-order valence-corrected chi connectivity index (χ0v) is 20.7. The van der Waals surface area contributed by atoms with E-state index in [2.05, 4.69) is 25.1 Å². The Morgan fingerprint density at radius 1 is 1.00 bits per heavy atom. The molecule has 1 aliphatic carbocycles. The highest BCUT2D eigenvalue weighted by Gasteiger charge is 2.18. The molecule has 0 spiro atoms. The Morgan fingerprint density at radius 2 is 1.92 bits per heavy atom. The summed E-state index contributed by atoms with van der Waals surface area (Å²) in [6, 6.07) is 13.1. The first-order valence-electron chi connectivity index (χ1n) is 12.4. The van der Waals surface area contributed by atoms with Crippen molar-refractivity contribution < 1.29 is 9.13 Å². The first kappa shape index (κ1) is 22.1. The van der Waals surface area contributed by atoms with E-state index in [1.807, 2.05) is 30.3 Å². The van der Waals surface area contributed by atoms with E-state index in [0.717, 1.165) is 73.7 Å². The maximum Gasteiger partial charge on any atom is 0.176 e. The topological polar surface area (TPSA) is 92.4 Å². The van der Waals surface area contributed by atoms with Gasteiger partial charge in [-0.2, -0.15) is 9.49 Å². The van der Waals surface area contributed by atoms with Gasteiger partial charge in [0.05, 0.1) is 29.2 Å². The minimum Gasteiger partial charge on any atom is -0.489 e. The minimum atomic E-state index is -0.214. The highest BCUT2D eigenvalue weighted by atomic mass is 32.1. The van der Waals surface area contributed by atoms with Gasteiger partial charge in [0.25, 0.3) is 0 Å². The molecule has 6 aromatic rings. The summed E-state index contributed by atoms with van der Waals surface area (Å²) >= 11 is 1.12. The first-order chi connectivity index (χ1) is 18.2. The second-order valence-electron chi connectivity index (χ2n) is 9.36. The number of nitrogens with one attached hydrogen (secondary N) is 2. The lowest BCUT2D eigenvalue weighted by molar-refractivity contribution is 0.154. The molecular weight excluding hydrogens is 487 g/mol. The van der Waals surface area contributed by atoms with E-state index >= 15 is 0 Å². The second kappa shape index (κ2) is 9.08. The molecule has 0 aliphatic heterocycles. The summed E-state index contributed by atoms with van der Waals surface area (Å²) in [6.45, 7) is 0. The van der Waals surface area contributed by atoms with Crippen molar-refractivity contribution in [3.05, 3.63) is 66.2 Å². The Kier molecular flexibility index (Phi) is 5.43. The SMILES string of the molecule is Fc1ccc(-c2ccnc3[nH]c(-c4n[nH]c5ccc(-c6cncc(OC7CCCCC7)c6)nc45)cc23)s1. The van der Waals surface area contributed by atoms with E-state index in [1.165, 1.54) is 25.3 Å². The fourth-order valence-electron chi connectivity index (χ4n) is 5.07. The third-order valence-electron chi connectivity index (χ3n) is 6.90. The fraction of sp³-hybridized carbons (Fsp3) is 0.214. The molecule has 6 heterocycles. The van der Waals surface area contributed by atoms with Gasteiger partial charge in [0.1, 0.15) is 22.6 Å². The van der Waals surface area contributed by atoms with Crippen LogP contribution in [0.4, 0.5) is 4.39 Å². The van der Waals surface area contributed by atoms with Crippen LogP contribution in [0.2, 0.25) is 0 Å². The quantitative estimate of drug-likeness (QED) is 0.257. The van der Waals surface area contributed by atoms with Crippen LogP contribution in [0.5, 0.6) is 5.75 Å². The maximum atomic E-state index is 13.7. The fourth-order valence-corrected chi connectivity index (χ4v) is 5.84. The maximum absolute atomic E-state index is 13.7. The highest BCUT2D eigenvalue weighted by Crippen LogP contribution is 2.36. The standard InChI is InChI=1S/C28H23FN6OS/c29-25-9-8-24(37-25)19-10-11-31-28-20(19)13-23(33-28)27-26-22(34-35-27)7-6-21(32-26)16-12-18(15-30-14-16)36-17-4-2-1-3-5-17/h6-15,17H,1-5H2,(H,31,33)(H,34,35). The van der Waals surface area contributed by atoms with Crippen LogP contribution in [0.1, 0.15) is 32.1 Å². The van der Waals surface area contributed by atoms with Crippen molar-refractivity contribution in [1.82, 2.24) is 30.1 Å². The normalized spacial score (nSPS) is 14.5. The van der Waals surface area contributed by atoms with Crippen molar-refractivity contribution in [1.29, 1.82) is 0 Å². The lowest BCUT2D eigenvalue weighted by atomic mass is 9.98. The van der Waals surface area contributed by atoms with Crippen molar-refractivity contribution in [3.63, 3.8) is 0 Å². The highest BCUT2D eigenvalue weighted by molar-refractivity contribution is 7.14. The lowest BCUT2D eigenvalue weighted by Crippen LogP contribution is -2.19. The van der Waals surface area contributed by atoms with Gasteiger partial charge in [-0.15, -0.1) is 11.3 Å². The number of H-pyrrole nitrogens is 2. The number of nitrogens with zero attached hydrogens (tertiary/aromatic N) is 4. The van der Waals surface area contributed by atoms with E-state index in [-0.39, 0.29) is 11.2 Å². The van der Waals surface area contributed by atoms with Crippen molar-refractivity contribution in [2.45, 2.75) is 38.2 Å². The van der Waals surface area contributed by atoms with E-state index in [4.69, 9.17) is 9.72 Å². The van der Waals surface area contributed by atoms with Crippen LogP contribution in [0.3, 0.4) is 0 Å². The summed E-state index contributed by atoms with van der Waals surface area (Å²) in [5.41, 5.74) is 6.38. The molecule has 0 radical (unpaired) electrons. The van der Waals surface area contributed by atoms with Crippen LogP contribution >= 0.6 is 11.3 Å². The average molecular weight is 511 g/mol. The smallest absolute Gasteiger partial charge is 0.176 e. The van der Waals surface area contributed by atoms with Gasteiger partial charge in [-0.1, -0.05) is 6.42 Å². The average Bonchev–Trinajstić information content (AvgIpc) is 3.66. The van der Waals surface area contributed by atoms with Crippen LogP contribution < -0.4 is 4.74 Å². The molecule has 2 N–H and O–H groups in total. The number of fused-ring (bicyclic) bond motifs is 2. The molecule has 184 valence electrons. The number of halogens is 1. The second-order valence-corrected chi connectivity index (χ2v) is 10.4. The summed E-state index contributed by atoms with van der Waals surface area (Å²) in [7, 11) is 0. The molecule has 0 amide bonds. The number of hydrogen-bond donors (Lipinski definition) is 2. The van der Waals surface area contributed by atoms with Gasteiger partial charge in [0.2, 0.25) is 0 Å². The zero-order valence-electron chi connectivity index (χ0n) is 19.9. The summed E-state index contributed by atoms with van der Waals surface area (Å²) < 4.78 is 19.9. The minimum absolute atomic E-state index is 0.214. The lowest BCUT2D eigenvalue weighted by Gasteiger charge is -2.22. The summed E-state index contributed by atoms with van der Waals surface area (Å²) in [4.78, 5) is 18.1. The molecule has 0 aromatic carbocycles. The Balaban J connectivity index is 1.26. The molecule has 6 aromatic heterocycles. The Labute approximate surface area is 215 Å². The number of hydrogen-bond acceptors (Lipinski definition) is 6. The molecule has 0 bridgehead atoms. The summed E-state index contributed by atoms with van der Waals surface area (Å²) in [6.07, 6.45) is 11.5. The number of rotatable bonds is 5. The Bertz CT molecular complexity index is 1730. The molecule has 7 rings (SSSR count). The zero-order chi connectivity index (χ0) is 24.8. The molecule has 37 heavy (non-hydrogen) atoms. The predicted octanol–water partition coefficient (Wildman–Crippen LogP) is 7.14. The molecule has 1 aliphatic rings. The van der Waals surface area contributed by atoms with E-state index in [9.17, 15) is 4.39 Å². The predicted molar refractivity (Wildman–Crippen MR) is 143 cm³/mol. The summed E-state index contributed by atoms with van der Waals surface area (Å²) in [5.74, 6) is 0.776. The van der Waals surface area contributed by atoms with Gasteiger partial charge < -0.3 is 9.72 Å². The van der Waals surface area contributed by atoms with Crippen molar-refractivity contribution in [2.75, 3.05) is 0 Å². The van der Waals surface area contributed by atoms with E-state index < -0.39 is 0 Å². The number of thiophene rings is 1. The molecule has 0 unspecified atom stereocenters. The molecule has 9 heteroatoms. The number of ether oxygens (including phenoxy) is 1. The largest absolute Gasteiger partial charge is 0.489 e.